The summed E-state index contributed by atoms with van der Waals surface area (Å²) in [4.78, 5) is 13.4. The lowest BCUT2D eigenvalue weighted by atomic mass is 10.2. The van der Waals surface area contributed by atoms with Crippen molar-refractivity contribution in [3.05, 3.63) is 35.3 Å². The first kappa shape index (κ1) is 10.2. The second-order valence-electron chi connectivity index (χ2n) is 3.38. The molecular weight excluding hydrogens is 256 g/mol. The van der Waals surface area contributed by atoms with Crippen LogP contribution >= 0.6 is 15.9 Å². The number of hydrogen-bond donors (Lipinski definition) is 1. The minimum absolute atomic E-state index is 0.0162. The first-order valence-electron chi connectivity index (χ1n) is 4.66. The quantitative estimate of drug-likeness (QED) is 0.834. The Hall–Kier alpha value is -1.29. The van der Waals surface area contributed by atoms with Crippen molar-refractivity contribution in [3.63, 3.8) is 0 Å². The van der Waals surface area contributed by atoms with Crippen LogP contribution in [-0.2, 0) is 4.79 Å². The third-order valence-electron chi connectivity index (χ3n) is 2.26. The summed E-state index contributed by atoms with van der Waals surface area (Å²) in [5.41, 5.74) is 1.89. The van der Waals surface area contributed by atoms with Crippen molar-refractivity contribution in [2.75, 3.05) is 23.3 Å². The molecule has 0 spiro atoms. The molecule has 0 aliphatic carbocycles. The summed E-state index contributed by atoms with van der Waals surface area (Å²) >= 11 is 3.38. The van der Waals surface area contributed by atoms with Crippen LogP contribution in [0, 0.1) is 0 Å². The Labute approximate surface area is 96.9 Å². The van der Waals surface area contributed by atoms with Crippen molar-refractivity contribution in [1.29, 1.82) is 0 Å². The normalized spacial score (nSPS) is 14.5. The number of halogens is 1. The first-order chi connectivity index (χ1) is 7.20. The van der Waals surface area contributed by atoms with Gasteiger partial charge in [-0.25, -0.2) is 0 Å². The molecule has 0 bridgehead atoms. The van der Waals surface area contributed by atoms with E-state index in [9.17, 15) is 4.79 Å². The minimum atomic E-state index is 0.0162. The number of amides is 1. The Balaban J connectivity index is 2.41. The van der Waals surface area contributed by atoms with Gasteiger partial charge < -0.3 is 10.2 Å². The lowest BCUT2D eigenvalue weighted by molar-refractivity contribution is -0.115. The molecule has 3 nitrogen and oxygen atoms in total. The lowest BCUT2D eigenvalue weighted by Crippen LogP contribution is -2.38. The summed E-state index contributed by atoms with van der Waals surface area (Å²) in [5.74, 6) is 0.0162. The van der Waals surface area contributed by atoms with Gasteiger partial charge in [-0.2, -0.15) is 0 Å². The van der Waals surface area contributed by atoms with Gasteiger partial charge in [0, 0.05) is 11.0 Å². The first-order valence-corrected chi connectivity index (χ1v) is 5.45. The average molecular weight is 267 g/mol. The topological polar surface area (TPSA) is 32.3 Å². The highest BCUT2D eigenvalue weighted by Crippen LogP contribution is 2.31. The fourth-order valence-electron chi connectivity index (χ4n) is 1.65. The van der Waals surface area contributed by atoms with E-state index in [1.54, 1.807) is 6.08 Å². The molecule has 1 aromatic rings. The standard InChI is InChI=1S/C11H11BrN2O/c1-2-5-14-7-11(15)13-9-6-8(12)3-4-10(9)14/h2-4,6H,1,5,7H2,(H,13,15). The molecule has 78 valence electrons. The highest BCUT2D eigenvalue weighted by Gasteiger charge is 2.20. The molecule has 1 aromatic carbocycles. The third-order valence-corrected chi connectivity index (χ3v) is 2.75. The van der Waals surface area contributed by atoms with E-state index in [0.717, 1.165) is 15.8 Å². The van der Waals surface area contributed by atoms with Gasteiger partial charge in [-0.05, 0) is 18.2 Å². The summed E-state index contributed by atoms with van der Waals surface area (Å²) < 4.78 is 0.960. The second-order valence-corrected chi connectivity index (χ2v) is 4.29. The third kappa shape index (κ3) is 2.04. The van der Waals surface area contributed by atoms with Crippen molar-refractivity contribution in [2.24, 2.45) is 0 Å². The van der Waals surface area contributed by atoms with Crippen LogP contribution in [0.4, 0.5) is 11.4 Å². The number of hydrogen-bond acceptors (Lipinski definition) is 2. The maximum Gasteiger partial charge on any atom is 0.243 e. The van der Waals surface area contributed by atoms with E-state index < -0.39 is 0 Å². The molecule has 0 fully saturated rings. The van der Waals surface area contributed by atoms with Crippen LogP contribution in [0.1, 0.15) is 0 Å². The van der Waals surface area contributed by atoms with Crippen LogP contribution in [0.2, 0.25) is 0 Å². The van der Waals surface area contributed by atoms with Crippen molar-refractivity contribution < 1.29 is 4.79 Å². The van der Waals surface area contributed by atoms with Gasteiger partial charge in [-0.15, -0.1) is 6.58 Å². The Kier molecular flexibility index (Phi) is 2.77. The number of carbonyl (C=O) groups excluding carboxylic acids is 1. The molecule has 1 aliphatic rings. The zero-order valence-electron chi connectivity index (χ0n) is 8.16. The molecule has 0 unspecified atom stereocenters. The van der Waals surface area contributed by atoms with Crippen LogP contribution in [0.5, 0.6) is 0 Å². The zero-order chi connectivity index (χ0) is 10.8. The van der Waals surface area contributed by atoms with Gasteiger partial charge in [0.2, 0.25) is 5.91 Å². The van der Waals surface area contributed by atoms with Crippen molar-refractivity contribution in [2.45, 2.75) is 0 Å². The highest BCUT2D eigenvalue weighted by atomic mass is 79.9. The number of nitrogens with zero attached hydrogens (tertiary/aromatic N) is 1. The molecule has 0 aromatic heterocycles. The van der Waals surface area contributed by atoms with Gasteiger partial charge in [-0.3, -0.25) is 4.79 Å². The maximum absolute atomic E-state index is 11.4. The number of benzene rings is 1. The van der Waals surface area contributed by atoms with E-state index in [4.69, 9.17) is 0 Å². The van der Waals surface area contributed by atoms with Gasteiger partial charge in [0.1, 0.15) is 0 Å². The molecule has 1 N–H and O–H groups in total. The summed E-state index contributed by atoms with van der Waals surface area (Å²) in [6.45, 7) is 4.76. The van der Waals surface area contributed by atoms with Crippen molar-refractivity contribution in [3.8, 4) is 0 Å². The number of fused-ring (bicyclic) bond motifs is 1. The summed E-state index contributed by atoms with van der Waals surface area (Å²) in [6.07, 6.45) is 1.80. The van der Waals surface area contributed by atoms with Gasteiger partial charge in [0.15, 0.2) is 0 Å². The maximum atomic E-state index is 11.4. The Morgan fingerprint density at radius 2 is 2.40 bits per heavy atom. The number of nitrogens with one attached hydrogen (secondary N) is 1. The van der Waals surface area contributed by atoms with Gasteiger partial charge in [0.05, 0.1) is 17.9 Å². The van der Waals surface area contributed by atoms with E-state index >= 15 is 0 Å². The van der Waals surface area contributed by atoms with Crippen LogP contribution in [0.25, 0.3) is 0 Å². The SMILES string of the molecule is C=CCN1CC(=O)Nc2cc(Br)ccc21. The van der Waals surface area contributed by atoms with Gasteiger partial charge in [0.25, 0.3) is 0 Å². The number of carbonyl (C=O) groups is 1. The van der Waals surface area contributed by atoms with Crippen LogP contribution < -0.4 is 10.2 Å². The Bertz CT molecular complexity index is 417. The largest absolute Gasteiger partial charge is 0.357 e. The molecule has 0 atom stereocenters. The predicted molar refractivity (Wildman–Crippen MR) is 65.2 cm³/mol. The summed E-state index contributed by atoms with van der Waals surface area (Å²) in [5, 5.41) is 2.84. The number of rotatable bonds is 2. The zero-order valence-corrected chi connectivity index (χ0v) is 9.75. The molecule has 1 heterocycles. The average Bonchev–Trinajstić information content (AvgIpc) is 2.17. The molecule has 1 aliphatic heterocycles. The molecule has 2 rings (SSSR count). The second kappa shape index (κ2) is 4.06. The summed E-state index contributed by atoms with van der Waals surface area (Å²) in [7, 11) is 0. The van der Waals surface area contributed by atoms with E-state index in [1.807, 2.05) is 23.1 Å². The molecule has 15 heavy (non-hydrogen) atoms. The van der Waals surface area contributed by atoms with E-state index in [1.165, 1.54) is 0 Å². The fraction of sp³-hybridized carbons (Fsp3) is 0.182. The lowest BCUT2D eigenvalue weighted by Gasteiger charge is -2.30. The molecule has 4 heteroatoms. The molecule has 1 amide bonds. The van der Waals surface area contributed by atoms with Crippen LogP contribution in [0.15, 0.2) is 35.3 Å². The smallest absolute Gasteiger partial charge is 0.243 e. The van der Waals surface area contributed by atoms with Crippen LogP contribution in [-0.4, -0.2) is 19.0 Å². The fourth-order valence-corrected chi connectivity index (χ4v) is 2.01. The van der Waals surface area contributed by atoms with Crippen molar-refractivity contribution >= 4 is 33.2 Å². The highest BCUT2D eigenvalue weighted by molar-refractivity contribution is 9.10. The predicted octanol–water partition coefficient (Wildman–Crippen LogP) is 2.39. The van der Waals surface area contributed by atoms with Gasteiger partial charge >= 0.3 is 0 Å². The van der Waals surface area contributed by atoms with Crippen molar-refractivity contribution in [1.82, 2.24) is 0 Å². The Morgan fingerprint density at radius 1 is 1.60 bits per heavy atom. The van der Waals surface area contributed by atoms with Crippen LogP contribution in [0.3, 0.4) is 0 Å². The minimum Gasteiger partial charge on any atom is -0.357 e. The molecule has 0 saturated heterocycles. The summed E-state index contributed by atoms with van der Waals surface area (Å²) in [6, 6.07) is 5.86. The molecular formula is C11H11BrN2O. The van der Waals surface area contributed by atoms with E-state index in [0.29, 0.717) is 13.1 Å². The van der Waals surface area contributed by atoms with E-state index in [-0.39, 0.29) is 5.91 Å². The van der Waals surface area contributed by atoms with Gasteiger partial charge in [-0.1, -0.05) is 22.0 Å². The molecule has 0 radical (unpaired) electrons. The molecule has 0 saturated carbocycles. The Morgan fingerprint density at radius 3 is 3.13 bits per heavy atom. The number of anilines is 2. The monoisotopic (exact) mass is 266 g/mol. The van der Waals surface area contributed by atoms with E-state index in [2.05, 4.69) is 27.8 Å².